The zero-order valence-electron chi connectivity index (χ0n) is 8.71. The highest BCUT2D eigenvalue weighted by Gasteiger charge is 2.04. The summed E-state index contributed by atoms with van der Waals surface area (Å²) in [5.41, 5.74) is 0. The molecule has 1 unspecified atom stereocenters. The standard InChI is InChI=1S/C9H19N3S/c1-12(2)6-5-11-9(8-10)4-7-13-3/h9,11H,4-7H2,1-3H3. The van der Waals surface area contributed by atoms with Gasteiger partial charge in [0.1, 0.15) is 0 Å². The molecule has 0 aromatic heterocycles. The monoisotopic (exact) mass is 201 g/mol. The first kappa shape index (κ1) is 12.8. The van der Waals surface area contributed by atoms with Gasteiger partial charge in [0, 0.05) is 13.1 Å². The number of thioether (sulfide) groups is 1. The Morgan fingerprint density at radius 1 is 1.54 bits per heavy atom. The third kappa shape index (κ3) is 8.10. The first-order chi connectivity index (χ1) is 6.20. The van der Waals surface area contributed by atoms with E-state index in [-0.39, 0.29) is 6.04 Å². The third-order valence-corrected chi connectivity index (χ3v) is 2.36. The fraction of sp³-hybridized carbons (Fsp3) is 0.889. The number of rotatable bonds is 7. The van der Waals surface area contributed by atoms with E-state index in [0.717, 1.165) is 25.3 Å². The van der Waals surface area contributed by atoms with Gasteiger partial charge in [0.05, 0.1) is 12.1 Å². The molecule has 0 fully saturated rings. The van der Waals surface area contributed by atoms with Crippen molar-refractivity contribution in [2.24, 2.45) is 0 Å². The first-order valence-electron chi connectivity index (χ1n) is 4.47. The predicted molar refractivity (Wildman–Crippen MR) is 59.0 cm³/mol. The number of likely N-dealkylation sites (N-methyl/N-ethyl adjacent to an activating group) is 1. The Bertz CT molecular complexity index is 153. The molecule has 0 rings (SSSR count). The van der Waals surface area contributed by atoms with Crippen LogP contribution in [0.1, 0.15) is 6.42 Å². The molecule has 0 aliphatic heterocycles. The van der Waals surface area contributed by atoms with Crippen molar-refractivity contribution in [3.8, 4) is 6.07 Å². The molecule has 0 radical (unpaired) electrons. The van der Waals surface area contributed by atoms with Crippen LogP contribution in [0.5, 0.6) is 0 Å². The van der Waals surface area contributed by atoms with E-state index in [1.54, 1.807) is 11.8 Å². The van der Waals surface area contributed by atoms with Crippen LogP contribution in [-0.2, 0) is 0 Å². The molecule has 13 heavy (non-hydrogen) atoms. The van der Waals surface area contributed by atoms with E-state index >= 15 is 0 Å². The Balaban J connectivity index is 3.44. The second-order valence-electron chi connectivity index (χ2n) is 3.22. The molecule has 0 spiro atoms. The minimum atomic E-state index is 0.0207. The number of hydrogen-bond donors (Lipinski definition) is 1. The van der Waals surface area contributed by atoms with Gasteiger partial charge >= 0.3 is 0 Å². The van der Waals surface area contributed by atoms with Gasteiger partial charge < -0.3 is 10.2 Å². The summed E-state index contributed by atoms with van der Waals surface area (Å²) in [6.07, 6.45) is 3.00. The summed E-state index contributed by atoms with van der Waals surface area (Å²) in [6.45, 7) is 1.87. The van der Waals surface area contributed by atoms with Gasteiger partial charge in [0.15, 0.2) is 0 Å². The molecule has 1 N–H and O–H groups in total. The molecule has 0 aromatic carbocycles. The van der Waals surface area contributed by atoms with E-state index in [2.05, 4.69) is 22.5 Å². The fourth-order valence-corrected chi connectivity index (χ4v) is 1.38. The number of nitrogens with one attached hydrogen (secondary N) is 1. The molecule has 1 atom stereocenters. The van der Waals surface area contributed by atoms with Crippen molar-refractivity contribution in [3.05, 3.63) is 0 Å². The van der Waals surface area contributed by atoms with Crippen molar-refractivity contribution in [2.45, 2.75) is 12.5 Å². The second-order valence-corrected chi connectivity index (χ2v) is 4.21. The summed E-state index contributed by atoms with van der Waals surface area (Å²) >= 11 is 1.78. The Hall–Kier alpha value is -0.240. The smallest absolute Gasteiger partial charge is 0.0961 e. The topological polar surface area (TPSA) is 39.1 Å². The van der Waals surface area contributed by atoms with Crippen LogP contribution in [-0.4, -0.2) is 50.1 Å². The van der Waals surface area contributed by atoms with Gasteiger partial charge in [-0.1, -0.05) is 0 Å². The zero-order valence-corrected chi connectivity index (χ0v) is 9.52. The molecule has 0 saturated heterocycles. The largest absolute Gasteiger partial charge is 0.308 e. The average Bonchev–Trinajstić information content (AvgIpc) is 2.10. The zero-order chi connectivity index (χ0) is 10.1. The van der Waals surface area contributed by atoms with Crippen LogP contribution in [0, 0.1) is 11.3 Å². The summed E-state index contributed by atoms with van der Waals surface area (Å²) in [5, 5.41) is 12.0. The number of hydrogen-bond acceptors (Lipinski definition) is 4. The lowest BCUT2D eigenvalue weighted by atomic mass is 10.2. The lowest BCUT2D eigenvalue weighted by molar-refractivity contribution is 0.393. The van der Waals surface area contributed by atoms with Crippen LogP contribution in [0.15, 0.2) is 0 Å². The second kappa shape index (κ2) is 8.36. The van der Waals surface area contributed by atoms with E-state index in [1.165, 1.54) is 0 Å². The molecular weight excluding hydrogens is 182 g/mol. The van der Waals surface area contributed by atoms with E-state index in [9.17, 15) is 0 Å². The predicted octanol–water partition coefficient (Wildman–Crippen LogP) is 0.783. The number of nitrogens with zero attached hydrogens (tertiary/aromatic N) is 2. The molecule has 3 nitrogen and oxygen atoms in total. The van der Waals surface area contributed by atoms with Gasteiger partial charge in [-0.15, -0.1) is 0 Å². The summed E-state index contributed by atoms with van der Waals surface area (Å²) in [6, 6.07) is 2.29. The van der Waals surface area contributed by atoms with Gasteiger partial charge in [-0.2, -0.15) is 17.0 Å². The molecule has 0 aliphatic carbocycles. The Morgan fingerprint density at radius 2 is 2.23 bits per heavy atom. The Kier molecular flexibility index (Phi) is 8.21. The van der Waals surface area contributed by atoms with E-state index in [4.69, 9.17) is 5.26 Å². The van der Waals surface area contributed by atoms with Crippen molar-refractivity contribution in [1.29, 1.82) is 5.26 Å². The lowest BCUT2D eigenvalue weighted by Crippen LogP contribution is -2.34. The summed E-state index contributed by atoms with van der Waals surface area (Å²) < 4.78 is 0. The van der Waals surface area contributed by atoms with Gasteiger partial charge in [0.25, 0.3) is 0 Å². The first-order valence-corrected chi connectivity index (χ1v) is 5.86. The third-order valence-electron chi connectivity index (χ3n) is 1.72. The summed E-state index contributed by atoms with van der Waals surface area (Å²) in [4.78, 5) is 2.11. The van der Waals surface area contributed by atoms with Crippen LogP contribution in [0.3, 0.4) is 0 Å². The molecule has 4 heteroatoms. The lowest BCUT2D eigenvalue weighted by Gasteiger charge is -2.13. The Morgan fingerprint density at radius 3 is 2.69 bits per heavy atom. The average molecular weight is 201 g/mol. The maximum atomic E-state index is 8.78. The van der Waals surface area contributed by atoms with E-state index in [0.29, 0.717) is 0 Å². The van der Waals surface area contributed by atoms with Crippen molar-refractivity contribution in [1.82, 2.24) is 10.2 Å². The number of nitriles is 1. The summed E-state index contributed by atoms with van der Waals surface area (Å²) in [7, 11) is 4.07. The quantitative estimate of drug-likeness (QED) is 0.661. The van der Waals surface area contributed by atoms with Crippen LogP contribution in [0.2, 0.25) is 0 Å². The molecule has 0 bridgehead atoms. The van der Waals surface area contributed by atoms with E-state index < -0.39 is 0 Å². The maximum absolute atomic E-state index is 8.78. The van der Waals surface area contributed by atoms with Crippen LogP contribution in [0.25, 0.3) is 0 Å². The van der Waals surface area contributed by atoms with Crippen molar-refractivity contribution >= 4 is 11.8 Å². The molecule has 0 heterocycles. The van der Waals surface area contributed by atoms with Crippen molar-refractivity contribution in [2.75, 3.05) is 39.2 Å². The summed E-state index contributed by atoms with van der Waals surface area (Å²) in [5.74, 6) is 1.05. The van der Waals surface area contributed by atoms with Gasteiger partial charge in [-0.05, 0) is 32.5 Å². The van der Waals surface area contributed by atoms with Gasteiger partial charge in [-0.25, -0.2) is 0 Å². The van der Waals surface area contributed by atoms with Crippen LogP contribution in [0.4, 0.5) is 0 Å². The van der Waals surface area contributed by atoms with Crippen molar-refractivity contribution < 1.29 is 0 Å². The minimum absolute atomic E-state index is 0.0207. The molecule has 0 aliphatic rings. The van der Waals surface area contributed by atoms with Crippen molar-refractivity contribution in [3.63, 3.8) is 0 Å². The SMILES string of the molecule is CSCCC(C#N)NCCN(C)C. The fourth-order valence-electron chi connectivity index (χ4n) is 0.910. The molecule has 76 valence electrons. The molecule has 0 saturated carbocycles. The molecular formula is C9H19N3S. The Labute approximate surface area is 85.5 Å². The normalized spacial score (nSPS) is 12.8. The maximum Gasteiger partial charge on any atom is 0.0961 e. The highest BCUT2D eigenvalue weighted by molar-refractivity contribution is 7.98. The minimum Gasteiger partial charge on any atom is -0.308 e. The highest BCUT2D eigenvalue weighted by Crippen LogP contribution is 1.99. The molecule has 0 amide bonds. The van der Waals surface area contributed by atoms with Gasteiger partial charge in [0.2, 0.25) is 0 Å². The van der Waals surface area contributed by atoms with E-state index in [1.807, 2.05) is 14.1 Å². The highest BCUT2D eigenvalue weighted by atomic mass is 32.2. The van der Waals surface area contributed by atoms with Gasteiger partial charge in [-0.3, -0.25) is 0 Å². The van der Waals surface area contributed by atoms with Crippen LogP contribution < -0.4 is 5.32 Å². The van der Waals surface area contributed by atoms with Crippen LogP contribution >= 0.6 is 11.8 Å². The molecule has 0 aromatic rings.